The number of hydrogen-bond donors (Lipinski definition) is 2. The van der Waals surface area contributed by atoms with Gasteiger partial charge in [0.25, 0.3) is 0 Å². The Labute approximate surface area is 71.8 Å². The Morgan fingerprint density at radius 1 is 1.42 bits per heavy atom. The third-order valence-electron chi connectivity index (χ3n) is 1.79. The number of alkyl halides is 1. The van der Waals surface area contributed by atoms with Gasteiger partial charge in [-0.15, -0.1) is 0 Å². The molecule has 4 heteroatoms. The maximum atomic E-state index is 11.7. The lowest BCUT2D eigenvalue weighted by Crippen LogP contribution is -2.15. The minimum absolute atomic E-state index is 0.335. The SMILES string of the molecule is NCCCC(CCCF)C(=O)O. The number of carbonyl (C=O) groups is 1. The minimum Gasteiger partial charge on any atom is -0.481 e. The van der Waals surface area contributed by atoms with Gasteiger partial charge in [-0.1, -0.05) is 0 Å². The molecule has 72 valence electrons. The number of hydrogen-bond acceptors (Lipinski definition) is 2. The van der Waals surface area contributed by atoms with Gasteiger partial charge >= 0.3 is 5.97 Å². The summed E-state index contributed by atoms with van der Waals surface area (Å²) in [6.07, 6.45) is 2.02. The predicted molar refractivity (Wildman–Crippen MR) is 44.6 cm³/mol. The van der Waals surface area contributed by atoms with Crippen LogP contribution in [-0.4, -0.2) is 24.3 Å². The maximum absolute atomic E-state index is 11.7. The van der Waals surface area contributed by atoms with Crippen molar-refractivity contribution in [3.05, 3.63) is 0 Å². The van der Waals surface area contributed by atoms with Crippen molar-refractivity contribution in [3.8, 4) is 0 Å². The molecule has 0 saturated carbocycles. The first kappa shape index (κ1) is 11.4. The van der Waals surface area contributed by atoms with E-state index in [-0.39, 0.29) is 0 Å². The average molecular weight is 177 g/mol. The topological polar surface area (TPSA) is 63.3 Å². The number of aliphatic carboxylic acids is 1. The van der Waals surface area contributed by atoms with E-state index < -0.39 is 18.6 Å². The first-order valence-electron chi connectivity index (χ1n) is 4.21. The molecule has 0 saturated heterocycles. The van der Waals surface area contributed by atoms with Crippen LogP contribution >= 0.6 is 0 Å². The van der Waals surface area contributed by atoms with Crippen LogP contribution in [0.2, 0.25) is 0 Å². The molecule has 0 amide bonds. The lowest BCUT2D eigenvalue weighted by Gasteiger charge is -2.09. The van der Waals surface area contributed by atoms with E-state index >= 15 is 0 Å². The van der Waals surface area contributed by atoms with E-state index in [1.165, 1.54) is 0 Å². The summed E-state index contributed by atoms with van der Waals surface area (Å²) < 4.78 is 11.7. The molecule has 1 unspecified atom stereocenters. The van der Waals surface area contributed by atoms with Gasteiger partial charge in [-0.05, 0) is 32.2 Å². The highest BCUT2D eigenvalue weighted by molar-refractivity contribution is 5.69. The zero-order chi connectivity index (χ0) is 9.40. The number of nitrogens with two attached hydrogens (primary N) is 1. The van der Waals surface area contributed by atoms with E-state index in [4.69, 9.17) is 10.8 Å². The van der Waals surface area contributed by atoms with Gasteiger partial charge in [0, 0.05) is 0 Å². The third kappa shape index (κ3) is 5.07. The lowest BCUT2D eigenvalue weighted by molar-refractivity contribution is -0.142. The highest BCUT2D eigenvalue weighted by atomic mass is 19.1. The van der Waals surface area contributed by atoms with Crippen LogP contribution in [0.15, 0.2) is 0 Å². The Bertz CT molecular complexity index is 122. The van der Waals surface area contributed by atoms with Crippen molar-refractivity contribution in [2.45, 2.75) is 25.7 Å². The Morgan fingerprint density at radius 2 is 2.00 bits per heavy atom. The van der Waals surface area contributed by atoms with Crippen LogP contribution in [0.4, 0.5) is 4.39 Å². The van der Waals surface area contributed by atoms with Crippen molar-refractivity contribution in [1.82, 2.24) is 0 Å². The van der Waals surface area contributed by atoms with Gasteiger partial charge in [0.15, 0.2) is 0 Å². The molecule has 0 rings (SSSR count). The van der Waals surface area contributed by atoms with Crippen LogP contribution in [0.3, 0.4) is 0 Å². The Morgan fingerprint density at radius 3 is 2.42 bits per heavy atom. The molecule has 12 heavy (non-hydrogen) atoms. The van der Waals surface area contributed by atoms with Crippen LogP contribution in [0.5, 0.6) is 0 Å². The first-order valence-corrected chi connectivity index (χ1v) is 4.21. The second kappa shape index (κ2) is 7.03. The summed E-state index contributed by atoms with van der Waals surface area (Å²) in [4.78, 5) is 10.5. The zero-order valence-corrected chi connectivity index (χ0v) is 7.13. The minimum atomic E-state index is -0.836. The highest BCUT2D eigenvalue weighted by Gasteiger charge is 2.15. The second-order valence-corrected chi connectivity index (χ2v) is 2.80. The Hall–Kier alpha value is -0.640. The second-order valence-electron chi connectivity index (χ2n) is 2.80. The predicted octanol–water partition coefficient (Wildman–Crippen LogP) is 1.18. The smallest absolute Gasteiger partial charge is 0.306 e. The zero-order valence-electron chi connectivity index (χ0n) is 7.13. The van der Waals surface area contributed by atoms with Crippen molar-refractivity contribution in [1.29, 1.82) is 0 Å². The lowest BCUT2D eigenvalue weighted by atomic mass is 9.98. The summed E-state index contributed by atoms with van der Waals surface area (Å²) in [5.74, 6) is -1.25. The molecule has 0 spiro atoms. The van der Waals surface area contributed by atoms with Crippen LogP contribution in [0, 0.1) is 5.92 Å². The molecule has 0 aliphatic carbocycles. The summed E-state index contributed by atoms with van der Waals surface area (Å²) in [6.45, 7) is 0.0613. The monoisotopic (exact) mass is 177 g/mol. The van der Waals surface area contributed by atoms with Crippen molar-refractivity contribution >= 4 is 5.97 Å². The highest BCUT2D eigenvalue weighted by Crippen LogP contribution is 2.13. The van der Waals surface area contributed by atoms with Crippen LogP contribution < -0.4 is 5.73 Å². The number of halogens is 1. The van der Waals surface area contributed by atoms with E-state index in [9.17, 15) is 9.18 Å². The average Bonchev–Trinajstić information content (AvgIpc) is 2.04. The molecule has 0 bridgehead atoms. The maximum Gasteiger partial charge on any atom is 0.306 e. The molecule has 0 aliphatic heterocycles. The fourth-order valence-electron chi connectivity index (χ4n) is 1.08. The molecule has 3 nitrogen and oxygen atoms in total. The summed E-state index contributed by atoms with van der Waals surface area (Å²) in [5, 5.41) is 8.66. The summed E-state index contributed by atoms with van der Waals surface area (Å²) in [7, 11) is 0. The molecule has 0 aromatic heterocycles. The summed E-state index contributed by atoms with van der Waals surface area (Å²) >= 11 is 0. The first-order chi connectivity index (χ1) is 5.72. The molecule has 0 fully saturated rings. The van der Waals surface area contributed by atoms with Gasteiger partial charge in [0.1, 0.15) is 0 Å². The fraction of sp³-hybridized carbons (Fsp3) is 0.875. The molecule has 3 N–H and O–H groups in total. The van der Waals surface area contributed by atoms with E-state index in [1.54, 1.807) is 0 Å². The van der Waals surface area contributed by atoms with Crippen molar-refractivity contribution in [2.24, 2.45) is 11.7 Å². The van der Waals surface area contributed by atoms with Gasteiger partial charge in [0.05, 0.1) is 12.6 Å². The van der Waals surface area contributed by atoms with Gasteiger partial charge in [-0.3, -0.25) is 9.18 Å². The summed E-state index contributed by atoms with van der Waals surface area (Å²) in [5.41, 5.74) is 5.24. The molecule has 1 atom stereocenters. The van der Waals surface area contributed by atoms with Crippen molar-refractivity contribution in [2.75, 3.05) is 13.2 Å². The molecule has 0 aromatic carbocycles. The van der Waals surface area contributed by atoms with Crippen LogP contribution in [0.1, 0.15) is 25.7 Å². The van der Waals surface area contributed by atoms with Gasteiger partial charge < -0.3 is 10.8 Å². The Balaban J connectivity index is 3.62. The molecule has 0 aliphatic rings. The largest absolute Gasteiger partial charge is 0.481 e. The Kier molecular flexibility index (Phi) is 6.66. The number of carboxylic acids is 1. The third-order valence-corrected chi connectivity index (χ3v) is 1.79. The fourth-order valence-corrected chi connectivity index (χ4v) is 1.08. The standard InChI is InChI=1S/C8H16FNO2/c9-5-1-3-7(8(11)12)4-2-6-10/h7H,1-6,10H2,(H,11,12). The molecular formula is C8H16FNO2. The van der Waals surface area contributed by atoms with E-state index in [0.717, 1.165) is 0 Å². The van der Waals surface area contributed by atoms with Gasteiger partial charge in [0.2, 0.25) is 0 Å². The van der Waals surface area contributed by atoms with Gasteiger partial charge in [-0.25, -0.2) is 0 Å². The van der Waals surface area contributed by atoms with Crippen LogP contribution in [-0.2, 0) is 4.79 Å². The number of rotatable bonds is 7. The quantitative estimate of drug-likeness (QED) is 0.613. The van der Waals surface area contributed by atoms with E-state index in [2.05, 4.69) is 0 Å². The molecular weight excluding hydrogens is 161 g/mol. The van der Waals surface area contributed by atoms with Crippen molar-refractivity contribution < 1.29 is 14.3 Å². The molecule has 0 heterocycles. The normalized spacial score (nSPS) is 12.8. The van der Waals surface area contributed by atoms with Crippen molar-refractivity contribution in [3.63, 3.8) is 0 Å². The summed E-state index contributed by atoms with van der Waals surface area (Å²) in [6, 6.07) is 0. The van der Waals surface area contributed by atoms with Gasteiger partial charge in [-0.2, -0.15) is 0 Å². The van der Waals surface area contributed by atoms with E-state index in [0.29, 0.717) is 32.2 Å². The molecule has 0 aromatic rings. The molecule has 0 radical (unpaired) electrons. The van der Waals surface area contributed by atoms with E-state index in [1.807, 2.05) is 0 Å². The number of carboxylic acid groups (broad SMARTS) is 1. The van der Waals surface area contributed by atoms with Crippen LogP contribution in [0.25, 0.3) is 0 Å².